The summed E-state index contributed by atoms with van der Waals surface area (Å²) in [6.45, 7) is 0. The predicted molar refractivity (Wildman–Crippen MR) is 75.2 cm³/mol. The van der Waals surface area contributed by atoms with Crippen molar-refractivity contribution in [2.75, 3.05) is 7.11 Å². The van der Waals surface area contributed by atoms with Gasteiger partial charge in [0.1, 0.15) is 0 Å². The summed E-state index contributed by atoms with van der Waals surface area (Å²) in [5, 5.41) is 0. The molecule has 0 radical (unpaired) electrons. The minimum Gasteiger partial charge on any atom is -0.468 e. The number of ketones is 1. The van der Waals surface area contributed by atoms with E-state index in [-0.39, 0.29) is 5.78 Å². The fourth-order valence-electron chi connectivity index (χ4n) is 4.59. The van der Waals surface area contributed by atoms with Crippen LogP contribution in [0.25, 0.3) is 0 Å². The van der Waals surface area contributed by atoms with Crippen LogP contribution in [0.1, 0.15) is 41.6 Å². The van der Waals surface area contributed by atoms with Gasteiger partial charge in [0, 0.05) is 11.5 Å². The van der Waals surface area contributed by atoms with Gasteiger partial charge >= 0.3 is 11.9 Å². The second kappa shape index (κ2) is 4.18. The Balaban J connectivity index is 2.09. The van der Waals surface area contributed by atoms with Crippen LogP contribution in [0.4, 0.5) is 0 Å². The molecule has 22 heavy (non-hydrogen) atoms. The predicted octanol–water partition coefficient (Wildman–Crippen LogP) is 1.78. The highest BCUT2D eigenvalue weighted by Gasteiger charge is 2.76. The second-order valence-electron chi connectivity index (χ2n) is 6.25. The maximum atomic E-state index is 13.0. The Morgan fingerprint density at radius 3 is 2.82 bits per heavy atom. The molecule has 0 spiro atoms. The third-order valence-corrected chi connectivity index (χ3v) is 5.46. The lowest BCUT2D eigenvalue weighted by Crippen LogP contribution is -2.58. The quantitative estimate of drug-likeness (QED) is 0.584. The number of hydrogen-bond donors (Lipinski definition) is 0. The fraction of sp³-hybridized carbons (Fsp3) is 0.471. The zero-order chi connectivity index (χ0) is 15.5. The largest absolute Gasteiger partial charge is 0.468 e. The SMILES string of the molecule is COC(=O)[C@@]12C(=O)O[C@]3(CCCC[C@@H]13)C(=O)c1ccccc12. The van der Waals surface area contributed by atoms with Crippen molar-refractivity contribution in [1.82, 2.24) is 0 Å². The lowest BCUT2D eigenvalue weighted by atomic mass is 9.55. The van der Waals surface area contributed by atoms with Crippen molar-refractivity contribution in [1.29, 1.82) is 0 Å². The molecule has 5 heteroatoms. The van der Waals surface area contributed by atoms with Gasteiger partial charge in [0.2, 0.25) is 5.78 Å². The Morgan fingerprint density at radius 1 is 1.27 bits per heavy atom. The molecule has 1 aromatic carbocycles. The van der Waals surface area contributed by atoms with Crippen molar-refractivity contribution in [2.24, 2.45) is 5.92 Å². The van der Waals surface area contributed by atoms with Crippen LogP contribution in [0.2, 0.25) is 0 Å². The monoisotopic (exact) mass is 300 g/mol. The fourth-order valence-corrected chi connectivity index (χ4v) is 4.59. The molecule has 5 nitrogen and oxygen atoms in total. The summed E-state index contributed by atoms with van der Waals surface area (Å²) in [6, 6.07) is 6.82. The van der Waals surface area contributed by atoms with Crippen LogP contribution >= 0.6 is 0 Å². The van der Waals surface area contributed by atoms with E-state index in [2.05, 4.69) is 0 Å². The Bertz CT molecular complexity index is 709. The zero-order valence-corrected chi connectivity index (χ0v) is 12.3. The Morgan fingerprint density at radius 2 is 2.05 bits per heavy atom. The first kappa shape index (κ1) is 13.5. The highest BCUT2D eigenvalue weighted by molar-refractivity contribution is 6.19. The molecule has 3 aliphatic rings. The Kier molecular flexibility index (Phi) is 2.56. The third-order valence-electron chi connectivity index (χ3n) is 5.46. The summed E-state index contributed by atoms with van der Waals surface area (Å²) in [7, 11) is 1.27. The number of carbonyl (C=O) groups is 3. The number of rotatable bonds is 1. The van der Waals surface area contributed by atoms with E-state index in [9.17, 15) is 14.4 Å². The van der Waals surface area contributed by atoms with Gasteiger partial charge in [-0.15, -0.1) is 0 Å². The average Bonchev–Trinajstić information content (AvgIpc) is 2.79. The van der Waals surface area contributed by atoms with Gasteiger partial charge in [-0.2, -0.15) is 0 Å². The molecule has 2 bridgehead atoms. The first-order valence-electron chi connectivity index (χ1n) is 7.55. The van der Waals surface area contributed by atoms with E-state index in [0.29, 0.717) is 24.0 Å². The maximum absolute atomic E-state index is 13.0. The average molecular weight is 300 g/mol. The van der Waals surface area contributed by atoms with Gasteiger partial charge in [-0.3, -0.25) is 14.4 Å². The van der Waals surface area contributed by atoms with Gasteiger partial charge in [0.25, 0.3) is 0 Å². The van der Waals surface area contributed by atoms with Crippen molar-refractivity contribution in [2.45, 2.75) is 36.7 Å². The molecule has 0 unspecified atom stereocenters. The maximum Gasteiger partial charge on any atom is 0.329 e. The van der Waals surface area contributed by atoms with Gasteiger partial charge in [-0.05, 0) is 24.8 Å². The van der Waals surface area contributed by atoms with E-state index < -0.39 is 28.9 Å². The van der Waals surface area contributed by atoms with Gasteiger partial charge < -0.3 is 9.47 Å². The van der Waals surface area contributed by atoms with Gasteiger partial charge in [-0.25, -0.2) is 0 Å². The smallest absolute Gasteiger partial charge is 0.329 e. The molecule has 0 amide bonds. The summed E-state index contributed by atoms with van der Waals surface area (Å²) in [5.74, 6) is -1.88. The van der Waals surface area contributed by atoms with E-state index in [1.807, 2.05) is 0 Å². The zero-order valence-electron chi connectivity index (χ0n) is 12.3. The van der Waals surface area contributed by atoms with Crippen LogP contribution in [0.3, 0.4) is 0 Å². The Hall–Kier alpha value is -2.17. The van der Waals surface area contributed by atoms with Crippen LogP contribution in [0.5, 0.6) is 0 Å². The van der Waals surface area contributed by atoms with Gasteiger partial charge in [0.05, 0.1) is 7.11 Å². The standard InChI is InChI=1S/C17H16O5/c1-21-14(19)17-11-7-3-2-6-10(11)13(18)16(22-15(17)20)9-5-4-8-12(16)17/h2-3,6-7,12H,4-5,8-9H2,1H3/t12-,16+,17+/m1/s1. The van der Waals surface area contributed by atoms with Crippen LogP contribution in [-0.2, 0) is 24.5 Å². The molecule has 1 heterocycles. The minimum absolute atomic E-state index is 0.168. The second-order valence-corrected chi connectivity index (χ2v) is 6.25. The van der Waals surface area contributed by atoms with Crippen LogP contribution < -0.4 is 0 Å². The van der Waals surface area contributed by atoms with Crippen molar-refractivity contribution in [3.63, 3.8) is 0 Å². The molecule has 1 aliphatic heterocycles. The topological polar surface area (TPSA) is 69.7 Å². The summed E-state index contributed by atoms with van der Waals surface area (Å²) in [5.41, 5.74) is -1.81. The Labute approximate surface area is 127 Å². The van der Waals surface area contributed by atoms with E-state index in [4.69, 9.17) is 9.47 Å². The molecule has 3 atom stereocenters. The number of hydrogen-bond acceptors (Lipinski definition) is 5. The third kappa shape index (κ3) is 1.24. The van der Waals surface area contributed by atoms with E-state index in [1.54, 1.807) is 24.3 Å². The van der Waals surface area contributed by atoms with Crippen molar-refractivity contribution >= 4 is 17.7 Å². The van der Waals surface area contributed by atoms with E-state index in [0.717, 1.165) is 12.8 Å². The van der Waals surface area contributed by atoms with Crippen LogP contribution in [0.15, 0.2) is 24.3 Å². The molecular formula is C17H16O5. The number of benzene rings is 1. The molecule has 1 saturated carbocycles. The molecular weight excluding hydrogens is 284 g/mol. The van der Waals surface area contributed by atoms with Crippen molar-refractivity contribution in [3.05, 3.63) is 35.4 Å². The van der Waals surface area contributed by atoms with E-state index in [1.165, 1.54) is 7.11 Å². The summed E-state index contributed by atoms with van der Waals surface area (Å²) >= 11 is 0. The summed E-state index contributed by atoms with van der Waals surface area (Å²) < 4.78 is 10.6. The van der Waals surface area contributed by atoms with E-state index >= 15 is 0 Å². The highest BCUT2D eigenvalue weighted by atomic mass is 16.6. The molecule has 2 fully saturated rings. The first-order valence-corrected chi connectivity index (χ1v) is 7.55. The molecule has 0 aromatic heterocycles. The number of esters is 2. The van der Waals surface area contributed by atoms with Crippen molar-refractivity contribution in [3.8, 4) is 0 Å². The number of Topliss-reactive ketones (excluding diaryl/α,β-unsaturated/α-hetero) is 1. The number of methoxy groups -OCH3 is 1. The first-order chi connectivity index (χ1) is 10.6. The molecule has 1 aromatic rings. The normalized spacial score (nSPS) is 35.4. The number of ether oxygens (including phenoxy) is 2. The molecule has 0 N–H and O–H groups in total. The molecule has 2 aliphatic carbocycles. The lowest BCUT2D eigenvalue weighted by molar-refractivity contribution is -0.158. The molecule has 4 rings (SSSR count). The van der Waals surface area contributed by atoms with Crippen LogP contribution in [0, 0.1) is 5.92 Å². The van der Waals surface area contributed by atoms with Crippen molar-refractivity contribution < 1.29 is 23.9 Å². The van der Waals surface area contributed by atoms with Gasteiger partial charge in [0.15, 0.2) is 11.0 Å². The van der Waals surface area contributed by atoms with Gasteiger partial charge in [-0.1, -0.05) is 30.7 Å². The highest BCUT2D eigenvalue weighted by Crippen LogP contribution is 2.60. The minimum atomic E-state index is -1.49. The summed E-state index contributed by atoms with van der Waals surface area (Å²) in [4.78, 5) is 38.4. The number of fused-ring (bicyclic) bond motifs is 2. The van der Waals surface area contributed by atoms with Crippen LogP contribution in [-0.4, -0.2) is 30.4 Å². The lowest BCUT2D eigenvalue weighted by Gasteiger charge is -2.43. The number of carbonyl (C=O) groups excluding carboxylic acids is 3. The summed E-state index contributed by atoms with van der Waals surface area (Å²) in [6.07, 6.45) is 2.78. The molecule has 1 saturated heterocycles. The molecule has 114 valence electrons.